The molecule has 24 heavy (non-hydrogen) atoms. The number of nitrogens with one attached hydrogen (secondary N) is 1. The monoisotopic (exact) mass is 376 g/mol. The Morgan fingerprint density at radius 3 is 2.04 bits per heavy atom. The zero-order valence-corrected chi connectivity index (χ0v) is 13.2. The number of nitriles is 1. The molecular formula is C13H7BCl2F4N4. The summed E-state index contributed by atoms with van der Waals surface area (Å²) in [6.07, 6.45) is 0. The van der Waals surface area contributed by atoms with Gasteiger partial charge in [-0.3, -0.25) is 0 Å². The van der Waals surface area contributed by atoms with Gasteiger partial charge in [0.15, 0.2) is 4.98 Å². The number of anilines is 2. The number of nitrogens with zero attached hydrogens (tertiary/aromatic N) is 3. The second kappa shape index (κ2) is 8.39. The Kier molecular flexibility index (Phi) is 6.84. The predicted molar refractivity (Wildman–Crippen MR) is 85.8 cm³/mol. The topological polar surface area (TPSA) is 64.0 Å². The average molecular weight is 377 g/mol. The number of halogens is 6. The third-order valence-corrected chi connectivity index (χ3v) is 3.09. The van der Waals surface area contributed by atoms with Crippen molar-refractivity contribution in [1.29, 1.82) is 10.7 Å². The highest BCUT2D eigenvalue weighted by Gasteiger charge is 2.20. The van der Waals surface area contributed by atoms with Crippen molar-refractivity contribution in [3.05, 3.63) is 57.0 Å². The van der Waals surface area contributed by atoms with Gasteiger partial charge in [0.05, 0.1) is 33.0 Å². The van der Waals surface area contributed by atoms with Gasteiger partial charge in [-0.15, -0.1) is 0 Å². The number of hydrogen-bond donors (Lipinski definition) is 1. The average Bonchev–Trinajstić information content (AvgIpc) is 2.49. The molecule has 0 saturated carbocycles. The van der Waals surface area contributed by atoms with E-state index in [1.165, 1.54) is 6.07 Å². The van der Waals surface area contributed by atoms with E-state index in [0.29, 0.717) is 32.7 Å². The van der Waals surface area contributed by atoms with Crippen LogP contribution in [0.25, 0.3) is 4.98 Å². The quantitative estimate of drug-likeness (QED) is 0.375. The molecule has 0 aliphatic rings. The van der Waals surface area contributed by atoms with Crippen LogP contribution in [0.5, 0.6) is 0 Å². The minimum absolute atomic E-state index is 0.298. The van der Waals surface area contributed by atoms with Gasteiger partial charge in [-0.1, -0.05) is 29.3 Å². The normalized spacial score (nSPS) is 10.0. The van der Waals surface area contributed by atoms with E-state index in [1.807, 2.05) is 6.07 Å². The second-order valence-electron chi connectivity index (χ2n) is 4.16. The van der Waals surface area contributed by atoms with Crippen molar-refractivity contribution < 1.29 is 17.3 Å². The fourth-order valence-electron chi connectivity index (χ4n) is 1.55. The summed E-state index contributed by atoms with van der Waals surface area (Å²) >= 11 is 12.1. The summed E-state index contributed by atoms with van der Waals surface area (Å²) in [6, 6.07) is 11.8. The van der Waals surface area contributed by atoms with E-state index in [2.05, 4.69) is 10.3 Å². The molecule has 2 aromatic rings. The summed E-state index contributed by atoms with van der Waals surface area (Å²) in [5, 5.41) is 21.7. The molecule has 0 fully saturated rings. The molecule has 0 saturated heterocycles. The molecule has 2 aromatic carbocycles. The smallest absolute Gasteiger partial charge is 0.418 e. The second-order valence-corrected chi connectivity index (χ2v) is 4.97. The van der Waals surface area contributed by atoms with E-state index in [0.717, 1.165) is 0 Å². The number of diazo groups is 1. The lowest BCUT2D eigenvalue weighted by Gasteiger charge is -2.10. The Labute approximate surface area is 144 Å². The zero-order chi connectivity index (χ0) is 18.3. The lowest BCUT2D eigenvalue weighted by Crippen LogP contribution is -2.02. The molecular weight excluding hydrogens is 370 g/mol. The fraction of sp³-hybridized carbons (Fsp3) is 0. The molecule has 4 nitrogen and oxygen atoms in total. The van der Waals surface area contributed by atoms with E-state index in [1.54, 1.807) is 30.3 Å². The standard InChI is InChI=1S/C13H7Cl2N4.BF4/c14-10-2-1-3-11(15)13(10)18-12-5-4-9(19-17)6-8(12)7-16;2-1(3,4)5/h1-6,18H;/q+1;-1. The van der Waals surface area contributed by atoms with Crippen molar-refractivity contribution in [1.82, 2.24) is 0 Å². The molecule has 0 amide bonds. The SMILES string of the molecule is F[B-](F)(F)F.N#Cc1cc([N+]#N)ccc1Nc1c(Cl)cccc1Cl. The van der Waals surface area contributed by atoms with E-state index >= 15 is 0 Å². The summed E-state index contributed by atoms with van der Waals surface area (Å²) in [4.78, 5) is 3.03. The summed E-state index contributed by atoms with van der Waals surface area (Å²) < 4.78 is 39.0. The van der Waals surface area contributed by atoms with Crippen LogP contribution in [-0.2, 0) is 0 Å². The third-order valence-electron chi connectivity index (χ3n) is 2.46. The number of hydrogen-bond acceptors (Lipinski definition) is 3. The molecule has 124 valence electrons. The molecule has 11 heteroatoms. The van der Waals surface area contributed by atoms with Crippen LogP contribution in [0.4, 0.5) is 34.3 Å². The van der Waals surface area contributed by atoms with Crippen molar-refractivity contribution in [2.24, 2.45) is 0 Å². The minimum atomic E-state index is -6.00. The first-order valence-electron chi connectivity index (χ1n) is 6.13. The van der Waals surface area contributed by atoms with Crippen LogP contribution in [-0.4, -0.2) is 7.25 Å². The molecule has 0 atom stereocenters. The van der Waals surface area contributed by atoms with Gasteiger partial charge in [0.1, 0.15) is 6.07 Å². The predicted octanol–water partition coefficient (Wildman–Crippen LogP) is 6.39. The molecule has 0 unspecified atom stereocenters. The highest BCUT2D eigenvalue weighted by Crippen LogP contribution is 2.34. The summed E-state index contributed by atoms with van der Waals surface area (Å²) in [7, 11) is -6.00. The Balaban J connectivity index is 0.000000505. The Hall–Kier alpha value is -2.49. The van der Waals surface area contributed by atoms with Crippen LogP contribution in [0.2, 0.25) is 10.0 Å². The molecule has 0 aliphatic carbocycles. The van der Waals surface area contributed by atoms with Crippen molar-refractivity contribution in [3.8, 4) is 6.07 Å². The van der Waals surface area contributed by atoms with Crippen molar-refractivity contribution in [2.45, 2.75) is 0 Å². The summed E-state index contributed by atoms with van der Waals surface area (Å²) in [5.41, 5.74) is 1.68. The third kappa shape index (κ3) is 6.33. The molecule has 2 rings (SSSR count). The Bertz CT molecular complexity index is 789. The van der Waals surface area contributed by atoms with Crippen LogP contribution >= 0.6 is 23.2 Å². The number of benzene rings is 2. The maximum atomic E-state index is 9.75. The van der Waals surface area contributed by atoms with Gasteiger partial charge in [-0.05, 0) is 18.2 Å². The van der Waals surface area contributed by atoms with Gasteiger partial charge in [0, 0.05) is 6.07 Å². The van der Waals surface area contributed by atoms with Crippen LogP contribution in [0.3, 0.4) is 0 Å². The molecule has 0 spiro atoms. The lowest BCUT2D eigenvalue weighted by atomic mass is 10.1. The maximum Gasteiger partial charge on any atom is 0.673 e. The highest BCUT2D eigenvalue weighted by molar-refractivity contribution is 6.50. The van der Waals surface area contributed by atoms with E-state index in [9.17, 15) is 17.3 Å². The van der Waals surface area contributed by atoms with Crippen LogP contribution in [0.15, 0.2) is 36.4 Å². The minimum Gasteiger partial charge on any atom is -0.418 e. The molecule has 0 aliphatic heterocycles. The molecule has 0 heterocycles. The molecule has 0 aromatic heterocycles. The Morgan fingerprint density at radius 1 is 1.04 bits per heavy atom. The Morgan fingerprint density at radius 2 is 1.58 bits per heavy atom. The van der Waals surface area contributed by atoms with E-state index in [4.69, 9.17) is 33.9 Å². The summed E-state index contributed by atoms with van der Waals surface area (Å²) in [5.74, 6) is 0. The largest absolute Gasteiger partial charge is 0.673 e. The van der Waals surface area contributed by atoms with Crippen molar-refractivity contribution in [3.63, 3.8) is 0 Å². The van der Waals surface area contributed by atoms with E-state index in [-0.39, 0.29) is 0 Å². The fourth-order valence-corrected chi connectivity index (χ4v) is 2.04. The van der Waals surface area contributed by atoms with Gasteiger partial charge in [-0.2, -0.15) is 5.26 Å². The van der Waals surface area contributed by atoms with Crippen molar-refractivity contribution >= 4 is 47.5 Å². The maximum absolute atomic E-state index is 9.75. The van der Waals surface area contributed by atoms with E-state index < -0.39 is 7.25 Å². The first-order chi connectivity index (χ1) is 11.2. The van der Waals surface area contributed by atoms with Gasteiger partial charge in [0.2, 0.25) is 5.39 Å². The summed E-state index contributed by atoms with van der Waals surface area (Å²) in [6.45, 7) is 0. The van der Waals surface area contributed by atoms with Crippen LogP contribution in [0.1, 0.15) is 5.56 Å². The number of para-hydroxylation sites is 1. The van der Waals surface area contributed by atoms with Crippen molar-refractivity contribution in [2.75, 3.05) is 5.32 Å². The molecule has 0 radical (unpaired) electrons. The first-order valence-corrected chi connectivity index (χ1v) is 6.89. The lowest BCUT2D eigenvalue weighted by molar-refractivity contribution is 0.368. The van der Waals surface area contributed by atoms with Gasteiger partial charge < -0.3 is 22.6 Å². The van der Waals surface area contributed by atoms with Gasteiger partial charge >= 0.3 is 12.9 Å². The van der Waals surface area contributed by atoms with Gasteiger partial charge in [0.25, 0.3) is 0 Å². The molecule has 0 bridgehead atoms. The molecule has 1 N–H and O–H groups in total. The number of rotatable bonds is 2. The van der Waals surface area contributed by atoms with Crippen LogP contribution in [0, 0.1) is 16.7 Å². The zero-order valence-electron chi connectivity index (χ0n) is 11.7. The first kappa shape index (κ1) is 19.6. The van der Waals surface area contributed by atoms with Gasteiger partial charge in [-0.25, -0.2) is 0 Å². The highest BCUT2D eigenvalue weighted by atomic mass is 35.5. The van der Waals surface area contributed by atoms with Crippen LogP contribution < -0.4 is 5.32 Å².